The maximum atomic E-state index is 13.8. The second kappa shape index (κ2) is 9.80. The number of benzene rings is 2. The summed E-state index contributed by atoms with van der Waals surface area (Å²) in [6.45, 7) is 8.46. The van der Waals surface area contributed by atoms with Gasteiger partial charge in [-0.3, -0.25) is 18.6 Å². The van der Waals surface area contributed by atoms with Gasteiger partial charge in [-0.15, -0.1) is 0 Å². The van der Waals surface area contributed by atoms with Crippen LogP contribution >= 0.6 is 0 Å². The third-order valence-electron chi connectivity index (χ3n) is 5.70. The lowest BCUT2D eigenvalue weighted by molar-refractivity contribution is -0.114. The van der Waals surface area contributed by atoms with Gasteiger partial charge >= 0.3 is 0 Å². The first-order valence-corrected chi connectivity index (χ1v) is 12.4. The maximum Gasteiger partial charge on any atom is 0.268 e. The van der Waals surface area contributed by atoms with E-state index in [0.717, 1.165) is 9.87 Å². The Hall–Kier alpha value is -3.46. The Labute approximate surface area is 200 Å². The number of aromatic nitrogens is 2. The first-order valence-electron chi connectivity index (χ1n) is 11.0. The number of Topliss-reactive ketones (excluding diaryl/α,β-unsaturated/α-hetero) is 1. The Bertz CT molecular complexity index is 1310. The third-order valence-corrected chi connectivity index (χ3v) is 7.73. The molecule has 1 N–H and O–H groups in total. The van der Waals surface area contributed by atoms with E-state index in [0.29, 0.717) is 28.3 Å². The molecule has 1 amide bonds. The van der Waals surface area contributed by atoms with Crippen molar-refractivity contribution in [3.8, 4) is 0 Å². The number of carbonyl (C=O) groups is 2. The van der Waals surface area contributed by atoms with Crippen molar-refractivity contribution in [2.24, 2.45) is 7.05 Å². The number of amides is 1. The van der Waals surface area contributed by atoms with Gasteiger partial charge < -0.3 is 5.32 Å². The molecule has 1 heterocycles. The summed E-state index contributed by atoms with van der Waals surface area (Å²) in [7, 11) is -2.41. The van der Waals surface area contributed by atoms with Crippen molar-refractivity contribution in [3.63, 3.8) is 0 Å². The molecule has 180 valence electrons. The summed E-state index contributed by atoms with van der Waals surface area (Å²) in [5, 5.41) is 6.96. The predicted molar refractivity (Wildman–Crippen MR) is 133 cm³/mol. The van der Waals surface area contributed by atoms with Crippen LogP contribution in [-0.4, -0.2) is 36.4 Å². The quantitative estimate of drug-likeness (QED) is 0.485. The minimum Gasteiger partial charge on any atom is -0.325 e. The van der Waals surface area contributed by atoms with Crippen molar-refractivity contribution in [2.75, 3.05) is 16.2 Å². The van der Waals surface area contributed by atoms with Crippen LogP contribution in [0.5, 0.6) is 0 Å². The first-order chi connectivity index (χ1) is 15.9. The molecule has 0 unspecified atom stereocenters. The Kier molecular flexibility index (Phi) is 7.26. The maximum absolute atomic E-state index is 13.8. The van der Waals surface area contributed by atoms with E-state index in [-0.39, 0.29) is 16.6 Å². The van der Waals surface area contributed by atoms with Crippen molar-refractivity contribution >= 4 is 33.1 Å². The lowest BCUT2D eigenvalue weighted by Crippen LogP contribution is -2.38. The molecule has 2 aromatic carbocycles. The molecule has 3 aromatic rings. The molecule has 0 saturated heterocycles. The summed E-state index contributed by atoms with van der Waals surface area (Å²) in [6.07, 6.45) is 0. The van der Waals surface area contributed by atoms with Gasteiger partial charge in [0.05, 0.1) is 17.1 Å². The molecular formula is C25H30N4O4S. The molecule has 0 aliphatic carbocycles. The van der Waals surface area contributed by atoms with Crippen molar-refractivity contribution < 1.29 is 18.0 Å². The Balaban J connectivity index is 1.97. The van der Waals surface area contributed by atoms with E-state index in [9.17, 15) is 18.0 Å². The molecule has 9 heteroatoms. The fraction of sp³-hybridized carbons (Fsp3) is 0.320. The van der Waals surface area contributed by atoms with Gasteiger partial charge in [0.1, 0.15) is 11.4 Å². The first kappa shape index (κ1) is 25.2. The summed E-state index contributed by atoms with van der Waals surface area (Å²) in [5.74, 6) is -0.309. The number of nitrogens with zero attached hydrogens (tertiary/aromatic N) is 3. The van der Waals surface area contributed by atoms with E-state index in [2.05, 4.69) is 24.3 Å². The lowest BCUT2D eigenvalue weighted by atomic mass is 10.0. The highest BCUT2D eigenvalue weighted by atomic mass is 32.2. The number of rotatable bonds is 8. The molecule has 0 bridgehead atoms. The number of hydrogen-bond donors (Lipinski definition) is 1. The number of carbonyl (C=O) groups excluding carboxylic acids is 2. The van der Waals surface area contributed by atoms with Gasteiger partial charge in [0.2, 0.25) is 5.91 Å². The molecular weight excluding hydrogens is 452 g/mol. The van der Waals surface area contributed by atoms with Crippen LogP contribution in [0.1, 0.15) is 54.0 Å². The van der Waals surface area contributed by atoms with E-state index in [1.807, 2.05) is 12.1 Å². The minimum absolute atomic E-state index is 0.0813. The Morgan fingerprint density at radius 2 is 1.62 bits per heavy atom. The summed E-state index contributed by atoms with van der Waals surface area (Å²) in [4.78, 5) is 24.5. The van der Waals surface area contributed by atoms with Crippen LogP contribution in [0.3, 0.4) is 0 Å². The van der Waals surface area contributed by atoms with Gasteiger partial charge in [0, 0.05) is 18.3 Å². The van der Waals surface area contributed by atoms with Gasteiger partial charge in [-0.25, -0.2) is 8.42 Å². The average molecular weight is 483 g/mol. The van der Waals surface area contributed by atoms with E-state index in [4.69, 9.17) is 0 Å². The monoisotopic (exact) mass is 482 g/mol. The molecule has 1 aromatic heterocycles. The van der Waals surface area contributed by atoms with Crippen LogP contribution in [0.2, 0.25) is 0 Å². The van der Waals surface area contributed by atoms with E-state index in [1.165, 1.54) is 11.6 Å². The molecule has 0 aliphatic heterocycles. The molecule has 34 heavy (non-hydrogen) atoms. The van der Waals surface area contributed by atoms with Crippen molar-refractivity contribution in [1.82, 2.24) is 9.78 Å². The van der Waals surface area contributed by atoms with Gasteiger partial charge in [-0.05, 0) is 68.7 Å². The number of aryl methyl sites for hydroxylation is 2. The molecule has 0 aliphatic rings. The summed E-state index contributed by atoms with van der Waals surface area (Å²) in [6, 6.07) is 13.6. The van der Waals surface area contributed by atoms with Crippen LogP contribution in [0.25, 0.3) is 0 Å². The van der Waals surface area contributed by atoms with Crippen LogP contribution < -0.4 is 9.62 Å². The number of sulfonamides is 1. The highest BCUT2D eigenvalue weighted by Gasteiger charge is 2.32. The fourth-order valence-electron chi connectivity index (χ4n) is 3.70. The smallest absolute Gasteiger partial charge is 0.268 e. The van der Waals surface area contributed by atoms with Gasteiger partial charge in [-0.1, -0.05) is 26.0 Å². The molecule has 8 nitrogen and oxygen atoms in total. The van der Waals surface area contributed by atoms with E-state index in [1.54, 1.807) is 57.3 Å². The fourth-order valence-corrected chi connectivity index (χ4v) is 5.52. The zero-order valence-corrected chi connectivity index (χ0v) is 21.1. The molecule has 0 saturated carbocycles. The largest absolute Gasteiger partial charge is 0.325 e. The standard InChI is InChI=1S/C25H30N4O4S/c1-16(2)20-9-13-23(14-10-20)29(34(32,33)25-17(3)27-28(6)18(25)4)15-24(31)26-22-11-7-21(8-12-22)19(5)30/h7-14,16H,15H2,1-6H3,(H,26,31). The summed E-state index contributed by atoms with van der Waals surface area (Å²) < 4.78 is 30.2. The second-order valence-electron chi connectivity index (χ2n) is 8.56. The highest BCUT2D eigenvalue weighted by Crippen LogP contribution is 2.29. The van der Waals surface area contributed by atoms with Crippen molar-refractivity contribution in [2.45, 2.75) is 45.4 Å². The predicted octanol–water partition coefficient (Wildman–Crippen LogP) is 4.20. The third kappa shape index (κ3) is 5.20. The molecule has 0 radical (unpaired) electrons. The average Bonchev–Trinajstić information content (AvgIpc) is 3.04. The summed E-state index contributed by atoms with van der Waals surface area (Å²) >= 11 is 0. The second-order valence-corrected chi connectivity index (χ2v) is 10.4. The highest BCUT2D eigenvalue weighted by molar-refractivity contribution is 7.93. The lowest BCUT2D eigenvalue weighted by Gasteiger charge is -2.24. The van der Waals surface area contributed by atoms with Crippen LogP contribution in [0.15, 0.2) is 53.4 Å². The normalized spacial score (nSPS) is 11.5. The van der Waals surface area contributed by atoms with Crippen molar-refractivity contribution in [3.05, 3.63) is 71.0 Å². The van der Waals surface area contributed by atoms with Crippen LogP contribution in [-0.2, 0) is 21.9 Å². The molecule has 0 fully saturated rings. The number of ketones is 1. The van der Waals surface area contributed by atoms with E-state index < -0.39 is 22.5 Å². The van der Waals surface area contributed by atoms with Crippen molar-refractivity contribution in [1.29, 1.82) is 0 Å². The topological polar surface area (TPSA) is 101 Å². The van der Waals surface area contributed by atoms with Crippen LogP contribution in [0, 0.1) is 13.8 Å². The Morgan fingerprint density at radius 1 is 1.03 bits per heavy atom. The van der Waals surface area contributed by atoms with Gasteiger partial charge in [-0.2, -0.15) is 5.10 Å². The molecule has 0 atom stereocenters. The minimum atomic E-state index is -4.09. The van der Waals surface area contributed by atoms with Gasteiger partial charge in [0.15, 0.2) is 5.78 Å². The number of hydrogen-bond acceptors (Lipinski definition) is 5. The van der Waals surface area contributed by atoms with Crippen LogP contribution in [0.4, 0.5) is 11.4 Å². The Morgan fingerprint density at radius 3 is 2.09 bits per heavy atom. The zero-order chi connectivity index (χ0) is 25.2. The zero-order valence-electron chi connectivity index (χ0n) is 20.3. The number of anilines is 2. The number of nitrogens with one attached hydrogen (secondary N) is 1. The van der Waals surface area contributed by atoms with E-state index >= 15 is 0 Å². The molecule has 0 spiro atoms. The SMILES string of the molecule is CC(=O)c1ccc(NC(=O)CN(c2ccc(C(C)C)cc2)S(=O)(=O)c2c(C)nn(C)c2C)cc1. The molecule has 3 rings (SSSR count). The summed E-state index contributed by atoms with van der Waals surface area (Å²) in [5.41, 5.74) is 3.29. The van der Waals surface area contributed by atoms with Gasteiger partial charge in [0.25, 0.3) is 10.0 Å².